The molecule has 0 saturated carbocycles. The van der Waals surface area contributed by atoms with Gasteiger partial charge in [-0.05, 0) is 48.2 Å². The van der Waals surface area contributed by atoms with Crippen molar-refractivity contribution in [3.8, 4) is 0 Å². The number of benzene rings is 2. The number of carbonyl (C=O) groups excluding carboxylic acids is 1. The van der Waals surface area contributed by atoms with E-state index in [4.69, 9.17) is 8.83 Å². The minimum absolute atomic E-state index is 0.0263. The molecule has 0 aliphatic carbocycles. The molecule has 4 aromatic rings. The van der Waals surface area contributed by atoms with Gasteiger partial charge in [-0.15, -0.1) is 0 Å². The second kappa shape index (κ2) is 8.19. The van der Waals surface area contributed by atoms with Crippen molar-refractivity contribution in [2.75, 3.05) is 0 Å². The minimum Gasteiger partial charge on any atom is -0.467 e. The number of para-hydroxylation sites is 1. The second-order valence-corrected chi connectivity index (χ2v) is 6.90. The van der Waals surface area contributed by atoms with Crippen molar-refractivity contribution < 1.29 is 13.6 Å². The van der Waals surface area contributed by atoms with E-state index in [-0.39, 0.29) is 5.56 Å². The molecule has 0 spiro atoms. The molecule has 0 saturated heterocycles. The zero-order valence-corrected chi connectivity index (χ0v) is 16.1. The van der Waals surface area contributed by atoms with Crippen LogP contribution >= 0.6 is 0 Å². The van der Waals surface area contributed by atoms with Gasteiger partial charge in [-0.25, -0.2) is 4.79 Å². The highest BCUT2D eigenvalue weighted by Crippen LogP contribution is 2.21. The maximum absolute atomic E-state index is 12.9. The predicted octanol–water partition coefficient (Wildman–Crippen LogP) is 4.66. The molecule has 1 unspecified atom stereocenters. The first kappa shape index (κ1) is 18.7. The van der Waals surface area contributed by atoms with Gasteiger partial charge in [0.05, 0.1) is 12.3 Å². The largest absolute Gasteiger partial charge is 0.467 e. The molecule has 0 radical (unpaired) electrons. The van der Waals surface area contributed by atoms with E-state index in [2.05, 4.69) is 24.4 Å². The van der Waals surface area contributed by atoms with Crippen molar-refractivity contribution in [3.63, 3.8) is 0 Å². The molecule has 2 aromatic carbocycles. The number of hydrogen-bond acceptors (Lipinski definition) is 4. The molecule has 29 heavy (non-hydrogen) atoms. The first-order valence-corrected chi connectivity index (χ1v) is 9.59. The van der Waals surface area contributed by atoms with Crippen molar-refractivity contribution in [2.45, 2.75) is 25.8 Å². The standard InChI is InChI=1S/C24H21NO4/c1-2-16-9-11-17(12-10-16)14-20(22-8-5-13-28-22)25-23(26)19-15-18-6-3-4-7-21(18)29-24(19)27/h3-13,15,20H,2,14H2,1H3,(H,25,26). The normalized spacial score (nSPS) is 12.0. The van der Waals surface area contributed by atoms with Gasteiger partial charge in [-0.3, -0.25) is 4.79 Å². The van der Waals surface area contributed by atoms with Crippen molar-refractivity contribution in [3.05, 3.63) is 106 Å². The maximum atomic E-state index is 12.9. The maximum Gasteiger partial charge on any atom is 0.349 e. The molecule has 0 bridgehead atoms. The molecular weight excluding hydrogens is 366 g/mol. The van der Waals surface area contributed by atoms with Crippen LogP contribution in [0, 0.1) is 0 Å². The Morgan fingerprint density at radius 3 is 2.48 bits per heavy atom. The summed E-state index contributed by atoms with van der Waals surface area (Å²) >= 11 is 0. The van der Waals surface area contributed by atoms with E-state index in [1.54, 1.807) is 36.6 Å². The molecule has 2 aromatic heterocycles. The lowest BCUT2D eigenvalue weighted by atomic mass is 10.0. The smallest absolute Gasteiger partial charge is 0.349 e. The van der Waals surface area contributed by atoms with Gasteiger partial charge in [0.1, 0.15) is 16.9 Å². The third-order valence-electron chi connectivity index (χ3n) is 4.95. The van der Waals surface area contributed by atoms with Crippen LogP contribution in [0.3, 0.4) is 0 Å². The van der Waals surface area contributed by atoms with Crippen LogP contribution in [0.5, 0.6) is 0 Å². The summed E-state index contributed by atoms with van der Waals surface area (Å²) in [6, 6.07) is 20.1. The van der Waals surface area contributed by atoms with Crippen molar-refractivity contribution in [2.24, 2.45) is 0 Å². The van der Waals surface area contributed by atoms with Crippen LogP contribution in [0.15, 0.2) is 86.6 Å². The topological polar surface area (TPSA) is 72.5 Å². The van der Waals surface area contributed by atoms with Gasteiger partial charge >= 0.3 is 5.63 Å². The fraction of sp³-hybridized carbons (Fsp3) is 0.167. The zero-order chi connectivity index (χ0) is 20.2. The fourth-order valence-electron chi connectivity index (χ4n) is 3.32. The van der Waals surface area contributed by atoms with Crippen LogP contribution in [-0.2, 0) is 12.8 Å². The summed E-state index contributed by atoms with van der Waals surface area (Å²) in [4.78, 5) is 25.2. The van der Waals surface area contributed by atoms with Crippen LogP contribution in [-0.4, -0.2) is 5.91 Å². The number of fused-ring (bicyclic) bond motifs is 1. The van der Waals surface area contributed by atoms with Crippen molar-refractivity contribution in [1.29, 1.82) is 0 Å². The Bertz CT molecular complexity index is 1170. The van der Waals surface area contributed by atoms with Crippen LogP contribution in [0.4, 0.5) is 0 Å². The van der Waals surface area contributed by atoms with Gasteiger partial charge in [0.25, 0.3) is 5.91 Å². The highest BCUT2D eigenvalue weighted by atomic mass is 16.4. The monoisotopic (exact) mass is 387 g/mol. The quantitative estimate of drug-likeness (QED) is 0.488. The highest BCUT2D eigenvalue weighted by Gasteiger charge is 2.21. The predicted molar refractivity (Wildman–Crippen MR) is 111 cm³/mol. The fourth-order valence-corrected chi connectivity index (χ4v) is 3.32. The van der Waals surface area contributed by atoms with Gasteiger partial charge in [0, 0.05) is 5.39 Å². The van der Waals surface area contributed by atoms with Gasteiger partial charge in [-0.2, -0.15) is 0 Å². The van der Waals surface area contributed by atoms with Gasteiger partial charge in [0.2, 0.25) is 0 Å². The minimum atomic E-state index is -0.660. The molecule has 4 rings (SSSR count). The first-order valence-electron chi connectivity index (χ1n) is 9.59. The van der Waals surface area contributed by atoms with Crippen molar-refractivity contribution in [1.82, 2.24) is 5.32 Å². The first-order chi connectivity index (χ1) is 14.1. The third kappa shape index (κ3) is 4.14. The Morgan fingerprint density at radius 2 is 1.76 bits per heavy atom. The Hall–Kier alpha value is -3.60. The van der Waals surface area contributed by atoms with Crippen molar-refractivity contribution >= 4 is 16.9 Å². The second-order valence-electron chi connectivity index (χ2n) is 6.90. The third-order valence-corrected chi connectivity index (χ3v) is 4.95. The molecule has 5 nitrogen and oxygen atoms in total. The Labute approximate surface area is 168 Å². The van der Waals surface area contributed by atoms with Gasteiger partial charge < -0.3 is 14.2 Å². The molecule has 146 valence electrons. The molecular formula is C24H21NO4. The molecule has 5 heteroatoms. The number of hydrogen-bond donors (Lipinski definition) is 1. The van der Waals surface area contributed by atoms with E-state index in [0.29, 0.717) is 23.2 Å². The Morgan fingerprint density at radius 1 is 1.00 bits per heavy atom. The summed E-state index contributed by atoms with van der Waals surface area (Å²) in [5, 5.41) is 3.62. The Kier molecular flexibility index (Phi) is 5.29. The average Bonchev–Trinajstić information content (AvgIpc) is 3.28. The number of furan rings is 1. The molecule has 1 atom stereocenters. The molecule has 0 fully saturated rings. The summed E-state index contributed by atoms with van der Waals surface area (Å²) in [5.41, 5.74) is 2.08. The zero-order valence-electron chi connectivity index (χ0n) is 16.1. The number of carbonyl (C=O) groups is 1. The summed E-state index contributed by atoms with van der Waals surface area (Å²) in [5.74, 6) is 0.138. The SMILES string of the molecule is CCc1ccc(CC(NC(=O)c2cc3ccccc3oc2=O)c2ccco2)cc1. The van der Waals surface area contributed by atoms with E-state index in [1.165, 1.54) is 5.56 Å². The van der Waals surface area contributed by atoms with E-state index < -0.39 is 17.6 Å². The number of aryl methyl sites for hydroxylation is 1. The van der Waals surface area contributed by atoms with E-state index in [0.717, 1.165) is 12.0 Å². The molecule has 1 N–H and O–H groups in total. The van der Waals surface area contributed by atoms with E-state index in [9.17, 15) is 9.59 Å². The molecule has 1 amide bonds. The van der Waals surface area contributed by atoms with E-state index in [1.807, 2.05) is 24.3 Å². The van der Waals surface area contributed by atoms with Crippen LogP contribution in [0.1, 0.15) is 40.2 Å². The van der Waals surface area contributed by atoms with Gasteiger partial charge in [-0.1, -0.05) is 49.4 Å². The van der Waals surface area contributed by atoms with Crippen LogP contribution < -0.4 is 10.9 Å². The summed E-state index contributed by atoms with van der Waals surface area (Å²) in [6.07, 6.45) is 3.08. The number of rotatable bonds is 6. The van der Waals surface area contributed by atoms with Gasteiger partial charge in [0.15, 0.2) is 0 Å². The molecule has 0 aliphatic heterocycles. The lowest BCUT2D eigenvalue weighted by Crippen LogP contribution is -2.32. The highest BCUT2D eigenvalue weighted by molar-refractivity contribution is 5.96. The molecule has 0 aliphatic rings. The molecule has 2 heterocycles. The summed E-state index contributed by atoms with van der Waals surface area (Å²) in [6.45, 7) is 2.11. The number of nitrogens with one attached hydrogen (secondary N) is 1. The van der Waals surface area contributed by atoms with Crippen LogP contribution in [0.2, 0.25) is 0 Å². The summed E-state index contributed by atoms with van der Waals surface area (Å²) in [7, 11) is 0. The average molecular weight is 387 g/mol. The van der Waals surface area contributed by atoms with E-state index >= 15 is 0 Å². The van der Waals surface area contributed by atoms with Crippen LogP contribution in [0.25, 0.3) is 11.0 Å². The Balaban J connectivity index is 1.61. The lowest BCUT2D eigenvalue weighted by Gasteiger charge is -2.17. The lowest BCUT2D eigenvalue weighted by molar-refractivity contribution is 0.0928. The number of amides is 1. The summed E-state index contributed by atoms with van der Waals surface area (Å²) < 4.78 is 10.8.